The first kappa shape index (κ1) is 15.1. The third-order valence-corrected chi connectivity index (χ3v) is 3.17. The molecule has 2 aromatic rings. The molecule has 0 spiro atoms. The Morgan fingerprint density at radius 3 is 2.81 bits per heavy atom. The Labute approximate surface area is 122 Å². The van der Waals surface area contributed by atoms with Gasteiger partial charge in [-0.15, -0.1) is 0 Å². The van der Waals surface area contributed by atoms with Crippen LogP contribution in [0.1, 0.15) is 23.1 Å². The van der Waals surface area contributed by atoms with Gasteiger partial charge in [-0.1, -0.05) is 17.3 Å². The fourth-order valence-corrected chi connectivity index (χ4v) is 2.24. The van der Waals surface area contributed by atoms with Crippen molar-refractivity contribution < 1.29 is 19.2 Å². The SMILES string of the molecule is COc1cccc(C(C(=O)O)N(C)Cc2cc(C)on2)c1. The van der Waals surface area contributed by atoms with E-state index in [1.165, 1.54) is 0 Å². The van der Waals surface area contributed by atoms with Crippen LogP contribution in [0.5, 0.6) is 5.75 Å². The van der Waals surface area contributed by atoms with Crippen molar-refractivity contribution in [1.29, 1.82) is 0 Å². The van der Waals surface area contributed by atoms with Crippen molar-refractivity contribution in [3.8, 4) is 5.75 Å². The minimum atomic E-state index is -0.925. The molecular weight excluding hydrogens is 272 g/mol. The van der Waals surface area contributed by atoms with Crippen LogP contribution in [0.25, 0.3) is 0 Å². The van der Waals surface area contributed by atoms with Crippen molar-refractivity contribution in [3.05, 3.63) is 47.3 Å². The average Bonchev–Trinajstić information content (AvgIpc) is 2.84. The normalized spacial score (nSPS) is 12.4. The van der Waals surface area contributed by atoms with Gasteiger partial charge in [-0.3, -0.25) is 9.69 Å². The summed E-state index contributed by atoms with van der Waals surface area (Å²) in [5.41, 5.74) is 1.36. The van der Waals surface area contributed by atoms with E-state index in [-0.39, 0.29) is 0 Å². The summed E-state index contributed by atoms with van der Waals surface area (Å²) in [6.45, 7) is 2.18. The largest absolute Gasteiger partial charge is 0.497 e. The second kappa shape index (κ2) is 6.41. The van der Waals surface area contributed by atoms with Crippen LogP contribution in [0.3, 0.4) is 0 Å². The molecule has 0 bridgehead atoms. The third kappa shape index (κ3) is 3.61. The lowest BCUT2D eigenvalue weighted by molar-refractivity contribution is -0.143. The topological polar surface area (TPSA) is 75.8 Å². The molecule has 21 heavy (non-hydrogen) atoms. The fraction of sp³-hybridized carbons (Fsp3) is 0.333. The monoisotopic (exact) mass is 290 g/mol. The quantitative estimate of drug-likeness (QED) is 0.879. The van der Waals surface area contributed by atoms with Gasteiger partial charge in [0.15, 0.2) is 0 Å². The zero-order valence-corrected chi connectivity index (χ0v) is 12.2. The molecule has 1 atom stereocenters. The van der Waals surface area contributed by atoms with Crippen molar-refractivity contribution in [1.82, 2.24) is 10.1 Å². The number of hydrogen-bond donors (Lipinski definition) is 1. The highest BCUT2D eigenvalue weighted by atomic mass is 16.5. The number of aromatic nitrogens is 1. The first-order chi connectivity index (χ1) is 10.0. The first-order valence-electron chi connectivity index (χ1n) is 6.50. The lowest BCUT2D eigenvalue weighted by Gasteiger charge is -2.24. The second-order valence-electron chi connectivity index (χ2n) is 4.86. The number of carbonyl (C=O) groups is 1. The summed E-state index contributed by atoms with van der Waals surface area (Å²) in [6, 6.07) is 8.06. The lowest BCUT2D eigenvalue weighted by Crippen LogP contribution is -2.30. The van der Waals surface area contributed by atoms with Gasteiger partial charge in [0.2, 0.25) is 0 Å². The van der Waals surface area contributed by atoms with Crippen LogP contribution in [0.4, 0.5) is 0 Å². The Morgan fingerprint density at radius 1 is 1.48 bits per heavy atom. The van der Waals surface area contributed by atoms with Gasteiger partial charge >= 0.3 is 5.97 Å². The van der Waals surface area contributed by atoms with Crippen molar-refractivity contribution in [3.63, 3.8) is 0 Å². The number of likely N-dealkylation sites (N-methyl/N-ethyl adjacent to an activating group) is 1. The minimum absolute atomic E-state index is 0.380. The second-order valence-corrected chi connectivity index (χ2v) is 4.86. The van der Waals surface area contributed by atoms with Crippen LogP contribution in [0, 0.1) is 6.92 Å². The summed E-state index contributed by atoms with van der Waals surface area (Å²) in [6.07, 6.45) is 0. The van der Waals surface area contributed by atoms with E-state index in [2.05, 4.69) is 5.16 Å². The fourth-order valence-electron chi connectivity index (χ4n) is 2.24. The van der Waals surface area contributed by atoms with Crippen molar-refractivity contribution in [2.24, 2.45) is 0 Å². The van der Waals surface area contributed by atoms with Gasteiger partial charge in [0.25, 0.3) is 0 Å². The Bertz CT molecular complexity index is 624. The van der Waals surface area contributed by atoms with E-state index in [4.69, 9.17) is 9.26 Å². The van der Waals surface area contributed by atoms with Crippen LogP contribution >= 0.6 is 0 Å². The number of aliphatic carboxylic acids is 1. The van der Waals surface area contributed by atoms with E-state index in [1.807, 2.05) is 0 Å². The van der Waals surface area contributed by atoms with Crippen LogP contribution in [-0.2, 0) is 11.3 Å². The van der Waals surface area contributed by atoms with E-state index in [1.54, 1.807) is 56.3 Å². The van der Waals surface area contributed by atoms with Gasteiger partial charge in [-0.05, 0) is 31.7 Å². The van der Waals surface area contributed by atoms with Crippen LogP contribution in [0.2, 0.25) is 0 Å². The summed E-state index contributed by atoms with van der Waals surface area (Å²) in [5.74, 6) is 0.405. The van der Waals surface area contributed by atoms with E-state index >= 15 is 0 Å². The van der Waals surface area contributed by atoms with Crippen LogP contribution in [0.15, 0.2) is 34.9 Å². The minimum Gasteiger partial charge on any atom is -0.497 e. The molecule has 1 heterocycles. The number of carboxylic acid groups (broad SMARTS) is 1. The van der Waals surface area contributed by atoms with Crippen LogP contribution < -0.4 is 4.74 Å². The Balaban J connectivity index is 2.23. The number of aryl methyl sites for hydroxylation is 1. The third-order valence-electron chi connectivity index (χ3n) is 3.17. The Hall–Kier alpha value is -2.34. The molecule has 1 N–H and O–H groups in total. The molecule has 0 aliphatic carbocycles. The maximum Gasteiger partial charge on any atom is 0.325 e. The van der Waals surface area contributed by atoms with Gasteiger partial charge in [-0.2, -0.15) is 0 Å². The zero-order chi connectivity index (χ0) is 15.4. The zero-order valence-electron chi connectivity index (χ0n) is 12.2. The van der Waals surface area contributed by atoms with E-state index in [9.17, 15) is 9.90 Å². The predicted octanol–water partition coefficient (Wildman–Crippen LogP) is 2.25. The van der Waals surface area contributed by atoms with Gasteiger partial charge in [0, 0.05) is 12.6 Å². The lowest BCUT2D eigenvalue weighted by atomic mass is 10.1. The number of rotatable bonds is 6. The highest BCUT2D eigenvalue weighted by molar-refractivity contribution is 5.75. The molecule has 6 heteroatoms. The summed E-state index contributed by atoms with van der Waals surface area (Å²) in [7, 11) is 3.29. The molecule has 0 radical (unpaired) electrons. The summed E-state index contributed by atoms with van der Waals surface area (Å²) < 4.78 is 10.2. The molecule has 0 aliphatic heterocycles. The maximum atomic E-state index is 11.6. The number of methoxy groups -OCH3 is 1. The highest BCUT2D eigenvalue weighted by Crippen LogP contribution is 2.25. The van der Waals surface area contributed by atoms with Gasteiger partial charge in [0.05, 0.1) is 12.8 Å². The molecule has 0 aliphatic rings. The van der Waals surface area contributed by atoms with E-state index in [0.717, 1.165) is 0 Å². The van der Waals surface area contributed by atoms with E-state index < -0.39 is 12.0 Å². The highest BCUT2D eigenvalue weighted by Gasteiger charge is 2.25. The summed E-state index contributed by atoms with van der Waals surface area (Å²) in [5, 5.41) is 13.4. The molecule has 112 valence electrons. The molecule has 2 rings (SSSR count). The Morgan fingerprint density at radius 2 is 2.24 bits per heavy atom. The van der Waals surface area contributed by atoms with Crippen molar-refractivity contribution in [2.75, 3.05) is 14.2 Å². The molecule has 0 saturated carbocycles. The molecule has 1 unspecified atom stereocenters. The van der Waals surface area contributed by atoms with Gasteiger partial charge in [0.1, 0.15) is 17.6 Å². The van der Waals surface area contributed by atoms with E-state index in [0.29, 0.717) is 29.3 Å². The summed E-state index contributed by atoms with van der Waals surface area (Å²) in [4.78, 5) is 13.3. The number of ether oxygens (including phenoxy) is 1. The Kier molecular flexibility index (Phi) is 4.59. The molecule has 6 nitrogen and oxygen atoms in total. The first-order valence-corrected chi connectivity index (χ1v) is 6.50. The van der Waals surface area contributed by atoms with Crippen molar-refractivity contribution in [2.45, 2.75) is 19.5 Å². The number of carboxylic acids is 1. The van der Waals surface area contributed by atoms with Gasteiger partial charge in [-0.25, -0.2) is 0 Å². The predicted molar refractivity (Wildman–Crippen MR) is 76.1 cm³/mol. The summed E-state index contributed by atoms with van der Waals surface area (Å²) >= 11 is 0. The number of hydrogen-bond acceptors (Lipinski definition) is 5. The standard InChI is InChI=1S/C15H18N2O4/c1-10-7-12(16-21-10)9-17(2)14(15(18)19)11-5-4-6-13(8-11)20-3/h4-8,14H,9H2,1-3H3,(H,18,19). The molecule has 0 saturated heterocycles. The average molecular weight is 290 g/mol. The molecule has 1 aromatic carbocycles. The molecular formula is C15H18N2O4. The van der Waals surface area contributed by atoms with Crippen LogP contribution in [-0.4, -0.2) is 35.3 Å². The molecule has 0 amide bonds. The molecule has 1 aromatic heterocycles. The smallest absolute Gasteiger partial charge is 0.325 e. The number of benzene rings is 1. The van der Waals surface area contributed by atoms with Gasteiger partial charge < -0.3 is 14.4 Å². The maximum absolute atomic E-state index is 11.6. The number of nitrogens with zero attached hydrogens (tertiary/aromatic N) is 2. The van der Waals surface area contributed by atoms with Crippen molar-refractivity contribution >= 4 is 5.97 Å². The molecule has 0 fully saturated rings.